The normalized spacial score (nSPS) is 15.8. The van der Waals surface area contributed by atoms with Gasteiger partial charge in [0.05, 0.1) is 6.54 Å². The summed E-state index contributed by atoms with van der Waals surface area (Å²) in [6.45, 7) is 11.6. The Morgan fingerprint density at radius 2 is 2.00 bits per heavy atom. The maximum atomic E-state index is 12.5. The number of anilines is 1. The van der Waals surface area contributed by atoms with E-state index < -0.39 is 0 Å². The standard InChI is InChI=1S/C21H36N4O/c1-4-7-13-25(6-3)21(26)17-24-14-10-18(11-15-24)19-8-9-20(23-16-19)22-12-5-2/h8-9,16,18H,4-7,10-15,17H2,1-3H3,(H,22,23). The molecule has 0 aliphatic carbocycles. The molecule has 2 rings (SSSR count). The van der Waals surface area contributed by atoms with Crippen molar-refractivity contribution in [3.63, 3.8) is 0 Å². The van der Waals surface area contributed by atoms with Crippen LogP contribution in [-0.4, -0.2) is 60.0 Å². The summed E-state index contributed by atoms with van der Waals surface area (Å²) in [5.41, 5.74) is 1.33. The largest absolute Gasteiger partial charge is 0.370 e. The van der Waals surface area contributed by atoms with E-state index in [1.54, 1.807) is 0 Å². The molecule has 1 amide bonds. The molecule has 1 aromatic rings. The summed E-state index contributed by atoms with van der Waals surface area (Å²) in [7, 11) is 0. The van der Waals surface area contributed by atoms with Gasteiger partial charge in [-0.1, -0.05) is 26.3 Å². The van der Waals surface area contributed by atoms with Crippen molar-refractivity contribution in [1.29, 1.82) is 0 Å². The first-order chi connectivity index (χ1) is 12.7. The summed E-state index contributed by atoms with van der Waals surface area (Å²) in [5, 5.41) is 3.32. The van der Waals surface area contributed by atoms with Crippen molar-refractivity contribution in [2.45, 2.75) is 58.8 Å². The summed E-state index contributed by atoms with van der Waals surface area (Å²) in [6.07, 6.45) is 7.57. The van der Waals surface area contributed by atoms with Gasteiger partial charge in [0.1, 0.15) is 5.82 Å². The Bertz CT molecular complexity index is 523. The second-order valence-corrected chi connectivity index (χ2v) is 7.28. The summed E-state index contributed by atoms with van der Waals surface area (Å²) >= 11 is 0. The van der Waals surface area contributed by atoms with Crippen molar-refractivity contribution in [3.05, 3.63) is 23.9 Å². The molecule has 0 unspecified atom stereocenters. The summed E-state index contributed by atoms with van der Waals surface area (Å²) in [4.78, 5) is 21.3. The predicted molar refractivity (Wildman–Crippen MR) is 109 cm³/mol. The first-order valence-corrected chi connectivity index (χ1v) is 10.4. The molecule has 0 bridgehead atoms. The minimum absolute atomic E-state index is 0.285. The summed E-state index contributed by atoms with van der Waals surface area (Å²) in [5.74, 6) is 1.81. The highest BCUT2D eigenvalue weighted by atomic mass is 16.2. The Kier molecular flexibility index (Phi) is 8.89. The van der Waals surface area contributed by atoms with Crippen molar-refractivity contribution in [3.8, 4) is 0 Å². The third-order valence-electron chi connectivity index (χ3n) is 5.28. The highest BCUT2D eigenvalue weighted by Crippen LogP contribution is 2.28. The molecule has 0 radical (unpaired) electrons. The van der Waals surface area contributed by atoms with Crippen LogP contribution in [0.4, 0.5) is 5.82 Å². The lowest BCUT2D eigenvalue weighted by Crippen LogP contribution is -2.43. The van der Waals surface area contributed by atoms with E-state index in [2.05, 4.69) is 48.1 Å². The van der Waals surface area contributed by atoms with Gasteiger partial charge in [-0.25, -0.2) is 4.98 Å². The average Bonchev–Trinajstić information content (AvgIpc) is 2.68. The molecule has 2 heterocycles. The van der Waals surface area contributed by atoms with Crippen LogP contribution in [0.15, 0.2) is 18.3 Å². The fraction of sp³-hybridized carbons (Fsp3) is 0.714. The summed E-state index contributed by atoms with van der Waals surface area (Å²) < 4.78 is 0. The van der Waals surface area contributed by atoms with Gasteiger partial charge in [-0.2, -0.15) is 0 Å². The van der Waals surface area contributed by atoms with Gasteiger partial charge in [0, 0.05) is 25.8 Å². The van der Waals surface area contributed by atoms with Gasteiger partial charge in [0.2, 0.25) is 5.91 Å². The zero-order valence-electron chi connectivity index (χ0n) is 16.8. The van der Waals surface area contributed by atoms with E-state index in [0.29, 0.717) is 12.5 Å². The van der Waals surface area contributed by atoms with E-state index in [1.807, 2.05) is 11.1 Å². The molecule has 0 saturated carbocycles. The number of likely N-dealkylation sites (N-methyl/N-ethyl adjacent to an activating group) is 1. The fourth-order valence-electron chi connectivity index (χ4n) is 3.53. The molecule has 1 aromatic heterocycles. The quantitative estimate of drug-likeness (QED) is 0.691. The monoisotopic (exact) mass is 360 g/mol. The molecule has 1 saturated heterocycles. The van der Waals surface area contributed by atoms with Gasteiger partial charge in [-0.15, -0.1) is 0 Å². The second-order valence-electron chi connectivity index (χ2n) is 7.28. The lowest BCUT2D eigenvalue weighted by atomic mass is 9.90. The molecule has 1 aliphatic heterocycles. The molecular formula is C21H36N4O. The zero-order chi connectivity index (χ0) is 18.8. The molecule has 5 heteroatoms. The van der Waals surface area contributed by atoms with Gasteiger partial charge >= 0.3 is 0 Å². The number of nitrogens with zero attached hydrogens (tertiary/aromatic N) is 3. The van der Waals surface area contributed by atoms with Gasteiger partial charge in [-0.05, 0) is 63.2 Å². The molecule has 5 nitrogen and oxygen atoms in total. The van der Waals surface area contributed by atoms with Gasteiger partial charge < -0.3 is 10.2 Å². The lowest BCUT2D eigenvalue weighted by molar-refractivity contribution is -0.132. The average molecular weight is 361 g/mol. The van der Waals surface area contributed by atoms with Crippen molar-refractivity contribution < 1.29 is 4.79 Å². The number of nitrogens with one attached hydrogen (secondary N) is 1. The first-order valence-electron chi connectivity index (χ1n) is 10.4. The SMILES string of the molecule is CCCCN(CC)C(=O)CN1CCC(c2ccc(NCCC)nc2)CC1. The molecular weight excluding hydrogens is 324 g/mol. The number of hydrogen-bond acceptors (Lipinski definition) is 4. The minimum Gasteiger partial charge on any atom is -0.370 e. The van der Waals surface area contributed by atoms with Crippen LogP contribution >= 0.6 is 0 Å². The highest BCUT2D eigenvalue weighted by molar-refractivity contribution is 5.78. The number of likely N-dealkylation sites (tertiary alicyclic amines) is 1. The van der Waals surface area contributed by atoms with E-state index >= 15 is 0 Å². The molecule has 146 valence electrons. The second kappa shape index (κ2) is 11.2. The van der Waals surface area contributed by atoms with Crippen LogP contribution in [0.25, 0.3) is 0 Å². The molecule has 26 heavy (non-hydrogen) atoms. The molecule has 1 fully saturated rings. The third-order valence-corrected chi connectivity index (χ3v) is 5.28. The molecule has 1 N–H and O–H groups in total. The predicted octanol–water partition coefficient (Wildman–Crippen LogP) is 3.73. The Balaban J connectivity index is 1.78. The number of aromatic nitrogens is 1. The van der Waals surface area contributed by atoms with Crippen LogP contribution < -0.4 is 5.32 Å². The number of hydrogen-bond donors (Lipinski definition) is 1. The Hall–Kier alpha value is -1.62. The number of rotatable bonds is 10. The fourth-order valence-corrected chi connectivity index (χ4v) is 3.53. The van der Waals surface area contributed by atoms with Gasteiger partial charge in [0.25, 0.3) is 0 Å². The van der Waals surface area contributed by atoms with Crippen molar-refractivity contribution >= 4 is 11.7 Å². The smallest absolute Gasteiger partial charge is 0.236 e. The number of carbonyl (C=O) groups is 1. The van der Waals surface area contributed by atoms with Crippen LogP contribution in [0.2, 0.25) is 0 Å². The highest BCUT2D eigenvalue weighted by Gasteiger charge is 2.23. The third kappa shape index (κ3) is 6.27. The Labute approximate surface area is 159 Å². The van der Waals surface area contributed by atoms with Crippen LogP contribution in [0.1, 0.15) is 64.4 Å². The van der Waals surface area contributed by atoms with Crippen LogP contribution in [0, 0.1) is 0 Å². The number of unbranched alkanes of at least 4 members (excludes halogenated alkanes) is 1. The van der Waals surface area contributed by atoms with Gasteiger partial charge in [-0.3, -0.25) is 9.69 Å². The van der Waals surface area contributed by atoms with Gasteiger partial charge in [0.15, 0.2) is 0 Å². The summed E-state index contributed by atoms with van der Waals surface area (Å²) in [6, 6.07) is 4.30. The topological polar surface area (TPSA) is 48.5 Å². The zero-order valence-corrected chi connectivity index (χ0v) is 16.8. The number of carbonyl (C=O) groups excluding carboxylic acids is 1. The van der Waals surface area contributed by atoms with E-state index in [-0.39, 0.29) is 5.91 Å². The van der Waals surface area contributed by atoms with E-state index in [0.717, 1.165) is 70.6 Å². The minimum atomic E-state index is 0.285. The molecule has 1 aliphatic rings. The Morgan fingerprint density at radius 3 is 2.58 bits per heavy atom. The van der Waals surface area contributed by atoms with E-state index in [9.17, 15) is 4.79 Å². The maximum absolute atomic E-state index is 12.5. The van der Waals surface area contributed by atoms with Crippen molar-refractivity contribution in [2.75, 3.05) is 44.6 Å². The van der Waals surface area contributed by atoms with E-state index in [4.69, 9.17) is 0 Å². The number of piperidine rings is 1. The van der Waals surface area contributed by atoms with E-state index in [1.165, 1.54) is 5.56 Å². The molecule has 0 aromatic carbocycles. The Morgan fingerprint density at radius 1 is 1.23 bits per heavy atom. The van der Waals surface area contributed by atoms with Crippen molar-refractivity contribution in [2.24, 2.45) is 0 Å². The van der Waals surface area contributed by atoms with Crippen LogP contribution in [-0.2, 0) is 4.79 Å². The first kappa shape index (κ1) is 20.7. The lowest BCUT2D eigenvalue weighted by Gasteiger charge is -2.33. The van der Waals surface area contributed by atoms with Crippen LogP contribution in [0.5, 0.6) is 0 Å². The number of pyridine rings is 1. The van der Waals surface area contributed by atoms with Crippen LogP contribution in [0.3, 0.4) is 0 Å². The molecule has 0 spiro atoms. The maximum Gasteiger partial charge on any atom is 0.236 e. The number of amides is 1. The van der Waals surface area contributed by atoms with Crippen molar-refractivity contribution in [1.82, 2.24) is 14.8 Å². The molecule has 0 atom stereocenters.